The van der Waals surface area contributed by atoms with Crippen molar-refractivity contribution in [1.29, 1.82) is 0 Å². The lowest BCUT2D eigenvalue weighted by Gasteiger charge is -2.05. The molecule has 3 rings (SSSR count). The monoisotopic (exact) mass is 389 g/mol. The molecular formula is C18H17Cl2N5O. The van der Waals surface area contributed by atoms with E-state index in [1.54, 1.807) is 17.7 Å². The molecule has 8 heteroatoms. The number of aromatic nitrogens is 3. The van der Waals surface area contributed by atoms with Crippen LogP contribution in [0.1, 0.15) is 22.4 Å². The van der Waals surface area contributed by atoms with E-state index < -0.39 is 0 Å². The van der Waals surface area contributed by atoms with Gasteiger partial charge in [-0.3, -0.25) is 4.79 Å². The van der Waals surface area contributed by atoms with Crippen molar-refractivity contribution in [3.63, 3.8) is 0 Å². The van der Waals surface area contributed by atoms with Gasteiger partial charge >= 0.3 is 0 Å². The minimum absolute atomic E-state index is 0.253. The molecule has 0 spiro atoms. The molecule has 0 atom stereocenters. The first-order valence-corrected chi connectivity index (χ1v) is 8.62. The lowest BCUT2D eigenvalue weighted by atomic mass is 10.2. The van der Waals surface area contributed by atoms with Gasteiger partial charge in [0.05, 0.1) is 24.0 Å². The highest BCUT2D eigenvalue weighted by molar-refractivity contribution is 6.32. The number of hydrogen-bond donors (Lipinski definition) is 1. The number of nitrogen functional groups attached to an aromatic ring is 1. The average Bonchev–Trinajstić information content (AvgIpc) is 2.83. The van der Waals surface area contributed by atoms with Gasteiger partial charge in [-0.25, -0.2) is 4.68 Å². The zero-order valence-electron chi connectivity index (χ0n) is 14.3. The first-order valence-electron chi connectivity index (χ1n) is 7.86. The number of halogens is 2. The Balaban J connectivity index is 1.94. The molecule has 6 nitrogen and oxygen atoms in total. The predicted octanol–water partition coefficient (Wildman–Crippen LogP) is 3.48. The molecule has 0 saturated carbocycles. The third kappa shape index (κ3) is 3.66. The van der Waals surface area contributed by atoms with Gasteiger partial charge < -0.3 is 5.73 Å². The standard InChI is InChI=1S/C18H17Cl2N5O/c1-11-7-16(21)25(17(26)8-11)22-9-14-12(2)23-24(18(14)20)10-13-5-3-4-6-15(13)19/h3-9H,10,21H2,1-2H3. The molecule has 0 aliphatic rings. The van der Waals surface area contributed by atoms with Gasteiger partial charge in [-0.15, -0.1) is 0 Å². The number of aryl methyl sites for hydroxylation is 2. The van der Waals surface area contributed by atoms with Crippen LogP contribution in [0.2, 0.25) is 10.2 Å². The van der Waals surface area contributed by atoms with Crippen LogP contribution in [0.5, 0.6) is 0 Å². The molecule has 0 aliphatic carbocycles. The topological polar surface area (TPSA) is 78.2 Å². The van der Waals surface area contributed by atoms with Gasteiger partial charge in [0, 0.05) is 11.1 Å². The Morgan fingerprint density at radius 1 is 1.23 bits per heavy atom. The van der Waals surface area contributed by atoms with Crippen molar-refractivity contribution in [2.45, 2.75) is 20.4 Å². The first kappa shape index (κ1) is 18.2. The Morgan fingerprint density at radius 3 is 2.65 bits per heavy atom. The van der Waals surface area contributed by atoms with Crippen molar-refractivity contribution in [2.24, 2.45) is 5.10 Å². The van der Waals surface area contributed by atoms with Gasteiger partial charge in [-0.2, -0.15) is 14.9 Å². The summed E-state index contributed by atoms with van der Waals surface area (Å²) in [5.41, 5.74) is 8.54. The highest BCUT2D eigenvalue weighted by Gasteiger charge is 2.13. The van der Waals surface area contributed by atoms with Crippen molar-refractivity contribution in [1.82, 2.24) is 14.5 Å². The molecular weight excluding hydrogens is 373 g/mol. The molecule has 0 radical (unpaired) electrons. The number of nitrogens with two attached hydrogens (primary N) is 1. The summed E-state index contributed by atoms with van der Waals surface area (Å²) in [4.78, 5) is 12.0. The summed E-state index contributed by atoms with van der Waals surface area (Å²) >= 11 is 12.6. The van der Waals surface area contributed by atoms with Crippen molar-refractivity contribution >= 4 is 35.2 Å². The summed E-state index contributed by atoms with van der Waals surface area (Å²) < 4.78 is 2.76. The molecule has 0 bridgehead atoms. The lowest BCUT2D eigenvalue weighted by Crippen LogP contribution is -2.19. The molecule has 2 aromatic heterocycles. The lowest BCUT2D eigenvalue weighted by molar-refractivity contribution is 0.680. The predicted molar refractivity (Wildman–Crippen MR) is 105 cm³/mol. The highest BCUT2D eigenvalue weighted by atomic mass is 35.5. The minimum atomic E-state index is -0.309. The Morgan fingerprint density at radius 2 is 1.96 bits per heavy atom. The molecule has 0 saturated heterocycles. The average molecular weight is 390 g/mol. The van der Waals surface area contributed by atoms with Crippen LogP contribution in [0.4, 0.5) is 5.82 Å². The molecule has 0 unspecified atom stereocenters. The van der Waals surface area contributed by atoms with E-state index in [9.17, 15) is 4.79 Å². The maximum Gasteiger partial charge on any atom is 0.273 e. The van der Waals surface area contributed by atoms with Crippen LogP contribution in [0.15, 0.2) is 46.3 Å². The normalized spacial score (nSPS) is 11.4. The molecule has 0 fully saturated rings. The summed E-state index contributed by atoms with van der Waals surface area (Å²) in [7, 11) is 0. The molecule has 0 aliphatic heterocycles. The number of benzene rings is 1. The van der Waals surface area contributed by atoms with Crippen LogP contribution >= 0.6 is 23.2 Å². The largest absolute Gasteiger partial charge is 0.384 e. The van der Waals surface area contributed by atoms with Crippen LogP contribution in [-0.2, 0) is 6.54 Å². The van der Waals surface area contributed by atoms with Gasteiger partial charge in [-0.05, 0) is 37.1 Å². The second-order valence-corrected chi connectivity index (χ2v) is 6.66. The molecule has 3 aromatic rings. The number of hydrogen-bond acceptors (Lipinski definition) is 4. The van der Waals surface area contributed by atoms with Crippen molar-refractivity contribution in [3.8, 4) is 0 Å². The maximum atomic E-state index is 12.0. The van der Waals surface area contributed by atoms with Gasteiger partial charge in [0.25, 0.3) is 5.56 Å². The van der Waals surface area contributed by atoms with Crippen molar-refractivity contribution in [3.05, 3.63) is 79.3 Å². The molecule has 2 N–H and O–H groups in total. The van der Waals surface area contributed by atoms with Crippen LogP contribution in [0.3, 0.4) is 0 Å². The number of pyridine rings is 1. The molecule has 134 valence electrons. The number of nitrogens with zero attached hydrogens (tertiary/aromatic N) is 4. The zero-order valence-corrected chi connectivity index (χ0v) is 15.8. The van der Waals surface area contributed by atoms with Crippen molar-refractivity contribution < 1.29 is 0 Å². The Hall–Kier alpha value is -2.57. The highest BCUT2D eigenvalue weighted by Crippen LogP contribution is 2.22. The van der Waals surface area contributed by atoms with E-state index in [0.717, 1.165) is 15.8 Å². The smallest absolute Gasteiger partial charge is 0.273 e. The summed E-state index contributed by atoms with van der Waals surface area (Å²) in [6.45, 7) is 4.04. The third-order valence-electron chi connectivity index (χ3n) is 3.87. The molecule has 26 heavy (non-hydrogen) atoms. The summed E-state index contributed by atoms with van der Waals surface area (Å²) in [6, 6.07) is 10.6. The Bertz CT molecular complexity index is 1050. The third-order valence-corrected chi connectivity index (χ3v) is 4.64. The summed E-state index contributed by atoms with van der Waals surface area (Å²) in [5, 5.41) is 9.65. The quantitative estimate of drug-likeness (QED) is 0.693. The van der Waals surface area contributed by atoms with Gasteiger partial charge in [0.1, 0.15) is 11.0 Å². The Kier molecular flexibility index (Phi) is 5.15. The van der Waals surface area contributed by atoms with Crippen LogP contribution in [0.25, 0.3) is 0 Å². The van der Waals surface area contributed by atoms with E-state index in [-0.39, 0.29) is 11.4 Å². The van der Waals surface area contributed by atoms with E-state index >= 15 is 0 Å². The van der Waals surface area contributed by atoms with E-state index in [1.807, 2.05) is 31.2 Å². The van der Waals surface area contributed by atoms with Crippen LogP contribution in [-0.4, -0.2) is 20.7 Å². The minimum Gasteiger partial charge on any atom is -0.384 e. The van der Waals surface area contributed by atoms with E-state index in [1.165, 1.54) is 12.3 Å². The van der Waals surface area contributed by atoms with E-state index in [2.05, 4.69) is 10.2 Å². The molecule has 1 aromatic carbocycles. The van der Waals surface area contributed by atoms with E-state index in [4.69, 9.17) is 28.9 Å². The second-order valence-electron chi connectivity index (χ2n) is 5.89. The fraction of sp³-hybridized carbons (Fsp3) is 0.167. The zero-order chi connectivity index (χ0) is 18.8. The van der Waals surface area contributed by atoms with E-state index in [0.29, 0.717) is 28.0 Å². The second kappa shape index (κ2) is 7.35. The van der Waals surface area contributed by atoms with Crippen LogP contribution in [0, 0.1) is 13.8 Å². The first-order chi connectivity index (χ1) is 12.4. The molecule has 2 heterocycles. The maximum absolute atomic E-state index is 12.0. The SMILES string of the molecule is Cc1cc(N)n(N=Cc2c(C)nn(Cc3ccccc3Cl)c2Cl)c(=O)c1. The fourth-order valence-electron chi connectivity index (χ4n) is 2.56. The van der Waals surface area contributed by atoms with Gasteiger partial charge in [-0.1, -0.05) is 41.4 Å². The molecule has 0 amide bonds. The Labute approximate surface area is 160 Å². The fourth-order valence-corrected chi connectivity index (χ4v) is 3.04. The summed E-state index contributed by atoms with van der Waals surface area (Å²) in [5.74, 6) is 0.253. The summed E-state index contributed by atoms with van der Waals surface area (Å²) in [6.07, 6.45) is 1.49. The van der Waals surface area contributed by atoms with Gasteiger partial charge in [0.15, 0.2) is 0 Å². The van der Waals surface area contributed by atoms with Crippen LogP contribution < -0.4 is 11.3 Å². The van der Waals surface area contributed by atoms with Crippen molar-refractivity contribution in [2.75, 3.05) is 5.73 Å². The number of rotatable bonds is 4. The van der Waals surface area contributed by atoms with Gasteiger partial charge in [0.2, 0.25) is 0 Å². The number of anilines is 1.